The van der Waals surface area contributed by atoms with E-state index in [0.29, 0.717) is 31.9 Å². The van der Waals surface area contributed by atoms with Gasteiger partial charge < -0.3 is 20.1 Å². The average molecular weight is 391 g/mol. The van der Waals surface area contributed by atoms with Crippen molar-refractivity contribution in [3.63, 3.8) is 0 Å². The Morgan fingerprint density at radius 3 is 2.32 bits per heavy atom. The van der Waals surface area contributed by atoms with Crippen LogP contribution in [0.2, 0.25) is 0 Å². The number of nitrogens with one attached hydrogen (secondary N) is 1. The molecule has 150 valence electrons. The molecule has 1 atom stereocenters. The van der Waals surface area contributed by atoms with E-state index in [1.54, 1.807) is 12.1 Å². The molecule has 2 N–H and O–H groups in total. The van der Waals surface area contributed by atoms with Gasteiger partial charge in [0.25, 0.3) is 0 Å². The minimum Gasteiger partial charge on any atom is -0.506 e. The fraction of sp³-hybridized carbons (Fsp3) is 0.350. The van der Waals surface area contributed by atoms with E-state index in [0.717, 1.165) is 5.69 Å². The number of hydrogen-bond acceptors (Lipinski definition) is 5. The van der Waals surface area contributed by atoms with Gasteiger partial charge in [0.05, 0.1) is 11.7 Å². The van der Waals surface area contributed by atoms with Gasteiger partial charge in [0.15, 0.2) is 0 Å². The van der Waals surface area contributed by atoms with Crippen LogP contribution in [-0.4, -0.2) is 54.7 Å². The molecule has 1 fully saturated rings. The largest absolute Gasteiger partial charge is 0.506 e. The van der Waals surface area contributed by atoms with E-state index in [-0.39, 0.29) is 23.4 Å². The Hall–Kier alpha value is -2.87. The fourth-order valence-electron chi connectivity index (χ4n) is 3.21. The quantitative estimate of drug-likeness (QED) is 0.792. The Morgan fingerprint density at radius 2 is 1.71 bits per heavy atom. The number of phenolic OH excluding ortho intramolecular Hbond substituents is 1. The van der Waals surface area contributed by atoms with Crippen LogP contribution in [0.25, 0.3) is 0 Å². The first-order chi connectivity index (χ1) is 13.4. The average Bonchev–Trinajstić information content (AvgIpc) is 2.69. The number of amides is 1. The van der Waals surface area contributed by atoms with Crippen molar-refractivity contribution in [1.82, 2.24) is 4.90 Å². The molecule has 6 nitrogen and oxygen atoms in total. The lowest BCUT2D eigenvalue weighted by molar-refractivity contribution is -0.120. The van der Waals surface area contributed by atoms with Gasteiger partial charge in [-0.3, -0.25) is 9.69 Å². The number of rotatable bonds is 6. The van der Waals surface area contributed by atoms with Crippen LogP contribution in [-0.2, 0) is 4.79 Å². The SMILES string of the molecule is CC(C(=O)Nc1ccc(OC(F)F)cc1)N1CCN(c2ccccc2O)CC1. The second-order valence-corrected chi connectivity index (χ2v) is 6.58. The zero-order valence-electron chi connectivity index (χ0n) is 15.5. The summed E-state index contributed by atoms with van der Waals surface area (Å²) >= 11 is 0. The number of halogens is 2. The second-order valence-electron chi connectivity index (χ2n) is 6.58. The van der Waals surface area contributed by atoms with E-state index >= 15 is 0 Å². The third-order valence-electron chi connectivity index (χ3n) is 4.81. The Bertz CT molecular complexity index is 794. The third-order valence-corrected chi connectivity index (χ3v) is 4.81. The van der Waals surface area contributed by atoms with Crippen molar-refractivity contribution in [3.8, 4) is 11.5 Å². The minimum absolute atomic E-state index is 0.0429. The second kappa shape index (κ2) is 8.88. The Morgan fingerprint density at radius 1 is 1.07 bits per heavy atom. The zero-order valence-corrected chi connectivity index (χ0v) is 15.5. The summed E-state index contributed by atoms with van der Waals surface area (Å²) in [6.45, 7) is 1.73. The van der Waals surface area contributed by atoms with E-state index in [2.05, 4.69) is 19.9 Å². The topological polar surface area (TPSA) is 65.0 Å². The summed E-state index contributed by atoms with van der Waals surface area (Å²) in [5.74, 6) is 0.126. The van der Waals surface area contributed by atoms with Gasteiger partial charge in [0.2, 0.25) is 5.91 Å². The van der Waals surface area contributed by atoms with Gasteiger partial charge in [-0.05, 0) is 43.3 Å². The standard InChI is InChI=1S/C20H23F2N3O3/c1-14(19(27)23-15-6-8-16(9-7-15)28-20(21)22)24-10-12-25(13-11-24)17-4-2-3-5-18(17)26/h2-9,14,20,26H,10-13H2,1H3,(H,23,27). The molecule has 1 amide bonds. The summed E-state index contributed by atoms with van der Waals surface area (Å²) < 4.78 is 28.7. The molecule has 0 saturated carbocycles. The normalized spacial score (nSPS) is 16.1. The lowest BCUT2D eigenvalue weighted by Crippen LogP contribution is -2.52. The molecule has 1 aliphatic rings. The van der Waals surface area contributed by atoms with E-state index < -0.39 is 6.61 Å². The van der Waals surface area contributed by atoms with Crippen molar-refractivity contribution >= 4 is 17.3 Å². The molecule has 1 saturated heterocycles. The maximum absolute atomic E-state index is 12.5. The maximum Gasteiger partial charge on any atom is 0.387 e. The van der Waals surface area contributed by atoms with Gasteiger partial charge in [0.1, 0.15) is 11.5 Å². The monoisotopic (exact) mass is 391 g/mol. The van der Waals surface area contributed by atoms with Crippen LogP contribution in [0.1, 0.15) is 6.92 Å². The molecule has 1 aliphatic heterocycles. The highest BCUT2D eigenvalue weighted by Gasteiger charge is 2.26. The summed E-state index contributed by atoms with van der Waals surface area (Å²) in [7, 11) is 0. The maximum atomic E-state index is 12.5. The van der Waals surface area contributed by atoms with E-state index in [4.69, 9.17) is 0 Å². The molecule has 0 aliphatic carbocycles. The van der Waals surface area contributed by atoms with Crippen LogP contribution in [0.4, 0.5) is 20.2 Å². The van der Waals surface area contributed by atoms with Gasteiger partial charge in [0, 0.05) is 31.9 Å². The number of nitrogens with zero attached hydrogens (tertiary/aromatic N) is 2. The molecule has 8 heteroatoms. The molecule has 3 rings (SSSR count). The van der Waals surface area contributed by atoms with E-state index in [1.807, 2.05) is 19.1 Å². The van der Waals surface area contributed by atoms with Crippen molar-refractivity contribution in [2.75, 3.05) is 36.4 Å². The van der Waals surface area contributed by atoms with Crippen molar-refractivity contribution in [2.45, 2.75) is 19.6 Å². The van der Waals surface area contributed by atoms with Gasteiger partial charge in [-0.15, -0.1) is 0 Å². The Kier molecular flexibility index (Phi) is 6.30. The van der Waals surface area contributed by atoms with Gasteiger partial charge >= 0.3 is 6.61 Å². The van der Waals surface area contributed by atoms with Crippen LogP contribution < -0.4 is 15.0 Å². The lowest BCUT2D eigenvalue weighted by atomic mass is 10.2. The number of anilines is 2. The van der Waals surface area contributed by atoms with Crippen LogP contribution in [0, 0.1) is 0 Å². The predicted molar refractivity (Wildman–Crippen MR) is 103 cm³/mol. The summed E-state index contributed by atoms with van der Waals surface area (Å²) in [6.07, 6.45) is 0. The molecule has 0 spiro atoms. The highest BCUT2D eigenvalue weighted by atomic mass is 19.3. The first kappa shape index (κ1) is 19.9. The van der Waals surface area contributed by atoms with Crippen LogP contribution >= 0.6 is 0 Å². The number of carbonyl (C=O) groups excluding carboxylic acids is 1. The number of piperazine rings is 1. The molecule has 1 heterocycles. The summed E-state index contributed by atoms with van der Waals surface area (Å²) in [6, 6.07) is 12.7. The molecule has 0 radical (unpaired) electrons. The molecule has 0 bridgehead atoms. The van der Waals surface area contributed by atoms with Gasteiger partial charge in [-0.25, -0.2) is 0 Å². The zero-order chi connectivity index (χ0) is 20.1. The Balaban J connectivity index is 1.52. The minimum atomic E-state index is -2.88. The van der Waals surface area contributed by atoms with Gasteiger partial charge in [-0.1, -0.05) is 12.1 Å². The summed E-state index contributed by atoms with van der Waals surface area (Å²) in [5, 5.41) is 12.8. The number of aromatic hydroxyl groups is 1. The van der Waals surface area contributed by atoms with Crippen LogP contribution in [0.3, 0.4) is 0 Å². The van der Waals surface area contributed by atoms with Crippen molar-refractivity contribution in [2.24, 2.45) is 0 Å². The number of para-hydroxylation sites is 2. The van der Waals surface area contributed by atoms with Crippen molar-refractivity contribution in [1.29, 1.82) is 0 Å². The molecular weight excluding hydrogens is 368 g/mol. The van der Waals surface area contributed by atoms with E-state index in [9.17, 15) is 18.7 Å². The lowest BCUT2D eigenvalue weighted by Gasteiger charge is -2.38. The molecular formula is C20H23F2N3O3. The summed E-state index contributed by atoms with van der Waals surface area (Å²) in [4.78, 5) is 16.7. The number of phenols is 1. The van der Waals surface area contributed by atoms with Crippen molar-refractivity contribution < 1.29 is 23.4 Å². The van der Waals surface area contributed by atoms with Crippen LogP contribution in [0.15, 0.2) is 48.5 Å². The molecule has 1 unspecified atom stereocenters. The number of hydrogen-bond donors (Lipinski definition) is 2. The van der Waals surface area contributed by atoms with Gasteiger partial charge in [-0.2, -0.15) is 8.78 Å². The smallest absolute Gasteiger partial charge is 0.387 e. The van der Waals surface area contributed by atoms with Crippen molar-refractivity contribution in [3.05, 3.63) is 48.5 Å². The number of alkyl halides is 2. The van der Waals surface area contributed by atoms with Crippen LogP contribution in [0.5, 0.6) is 11.5 Å². The summed E-state index contributed by atoms with van der Waals surface area (Å²) in [5.41, 5.74) is 1.32. The number of benzene rings is 2. The first-order valence-electron chi connectivity index (χ1n) is 9.07. The molecule has 28 heavy (non-hydrogen) atoms. The fourth-order valence-corrected chi connectivity index (χ4v) is 3.21. The number of ether oxygens (including phenoxy) is 1. The molecule has 2 aromatic rings. The predicted octanol–water partition coefficient (Wildman–Crippen LogP) is 3.14. The molecule has 0 aromatic heterocycles. The Labute approximate surface area is 162 Å². The third kappa shape index (κ3) is 4.89. The highest BCUT2D eigenvalue weighted by Crippen LogP contribution is 2.27. The first-order valence-corrected chi connectivity index (χ1v) is 9.07. The highest BCUT2D eigenvalue weighted by molar-refractivity contribution is 5.94. The number of carbonyl (C=O) groups is 1. The van der Waals surface area contributed by atoms with E-state index in [1.165, 1.54) is 24.3 Å². The molecule has 2 aromatic carbocycles.